The molecule has 152 valence electrons. The second kappa shape index (κ2) is 8.32. The summed E-state index contributed by atoms with van der Waals surface area (Å²) in [7, 11) is 0. The summed E-state index contributed by atoms with van der Waals surface area (Å²) in [5.41, 5.74) is 6.71. The summed E-state index contributed by atoms with van der Waals surface area (Å²) in [6.07, 6.45) is 1.96. The van der Waals surface area contributed by atoms with Crippen molar-refractivity contribution in [1.29, 1.82) is 0 Å². The van der Waals surface area contributed by atoms with Gasteiger partial charge in [0.2, 0.25) is 5.91 Å². The monoisotopic (exact) mass is 425 g/mol. The van der Waals surface area contributed by atoms with Crippen LogP contribution in [0.25, 0.3) is 22.5 Å². The number of nitrogens with one attached hydrogen (secondary N) is 1. The Hall–Kier alpha value is -3.50. The summed E-state index contributed by atoms with van der Waals surface area (Å²) in [5, 5.41) is 3.65. The second-order valence-corrected chi connectivity index (χ2v) is 8.03. The highest BCUT2D eigenvalue weighted by Crippen LogP contribution is 2.35. The zero-order chi connectivity index (χ0) is 21.2. The molecule has 0 radical (unpaired) electrons. The van der Waals surface area contributed by atoms with E-state index in [9.17, 15) is 4.79 Å². The van der Waals surface area contributed by atoms with E-state index in [1.54, 1.807) is 12.1 Å². The third kappa shape index (κ3) is 4.07. The zero-order valence-corrected chi connectivity index (χ0v) is 17.6. The number of aryl methyl sites for hydroxylation is 2. The van der Waals surface area contributed by atoms with E-state index in [4.69, 9.17) is 21.6 Å². The van der Waals surface area contributed by atoms with E-state index < -0.39 is 0 Å². The number of fused-ring (bicyclic) bond motifs is 3. The Bertz CT molecular complexity index is 1250. The minimum Gasteiger partial charge on any atom is -0.309 e. The van der Waals surface area contributed by atoms with E-state index in [0.29, 0.717) is 16.5 Å². The van der Waals surface area contributed by atoms with Crippen molar-refractivity contribution < 1.29 is 4.79 Å². The van der Waals surface area contributed by atoms with Gasteiger partial charge in [0.1, 0.15) is 5.69 Å². The maximum atomic E-state index is 12.8. The molecule has 1 heterocycles. The Kier molecular flexibility index (Phi) is 5.23. The van der Waals surface area contributed by atoms with Gasteiger partial charge in [-0.1, -0.05) is 78.3 Å². The van der Waals surface area contributed by atoms with E-state index in [2.05, 4.69) is 23.5 Å². The molecular formula is C26H20ClN3O. The van der Waals surface area contributed by atoms with Crippen LogP contribution in [-0.4, -0.2) is 15.9 Å². The second-order valence-electron chi connectivity index (χ2n) is 7.59. The Morgan fingerprint density at radius 2 is 1.58 bits per heavy atom. The van der Waals surface area contributed by atoms with Gasteiger partial charge in [-0.3, -0.25) is 4.79 Å². The molecule has 1 aromatic heterocycles. The lowest BCUT2D eigenvalue weighted by atomic mass is 9.91. The van der Waals surface area contributed by atoms with Crippen LogP contribution in [0.5, 0.6) is 0 Å². The first-order valence-electron chi connectivity index (χ1n) is 10.3. The smallest absolute Gasteiger partial charge is 0.230 e. The minimum absolute atomic E-state index is 0.134. The van der Waals surface area contributed by atoms with Gasteiger partial charge in [-0.2, -0.15) is 0 Å². The van der Waals surface area contributed by atoms with Gasteiger partial charge in [-0.05, 0) is 36.1 Å². The van der Waals surface area contributed by atoms with Gasteiger partial charge in [-0.25, -0.2) is 9.97 Å². The summed E-state index contributed by atoms with van der Waals surface area (Å²) in [6.45, 7) is 0. The fourth-order valence-electron chi connectivity index (χ4n) is 3.93. The number of carbonyl (C=O) groups excluding carboxylic acids is 1. The standard InChI is InChI=1S/C26H20ClN3O/c27-20-13-10-17(11-14-20)16-23(31)29-26-24(19-7-2-1-3-8-19)30-25-21-9-5-4-6-18(21)12-15-22(25)28-26/h1-11,13-14H,12,15-16H2,(H,28,29,31). The van der Waals surface area contributed by atoms with Crippen molar-refractivity contribution in [3.63, 3.8) is 0 Å². The maximum Gasteiger partial charge on any atom is 0.230 e. The normalized spacial score (nSPS) is 12.0. The number of hydrogen-bond acceptors (Lipinski definition) is 3. The molecule has 3 aromatic carbocycles. The number of benzene rings is 3. The predicted molar refractivity (Wildman–Crippen MR) is 124 cm³/mol. The Morgan fingerprint density at radius 1 is 0.839 bits per heavy atom. The molecule has 5 rings (SSSR count). The van der Waals surface area contributed by atoms with Crippen LogP contribution in [0.4, 0.5) is 5.82 Å². The van der Waals surface area contributed by atoms with Crippen LogP contribution in [0, 0.1) is 0 Å². The van der Waals surface area contributed by atoms with Crippen LogP contribution >= 0.6 is 11.6 Å². The summed E-state index contributed by atoms with van der Waals surface area (Å²) in [4.78, 5) is 22.7. The molecule has 0 spiro atoms. The predicted octanol–water partition coefficient (Wildman–Crippen LogP) is 5.74. The molecule has 1 aliphatic rings. The van der Waals surface area contributed by atoms with Gasteiger partial charge in [-0.15, -0.1) is 0 Å². The highest BCUT2D eigenvalue weighted by Gasteiger charge is 2.22. The molecule has 0 aliphatic heterocycles. The lowest BCUT2D eigenvalue weighted by molar-refractivity contribution is -0.115. The molecule has 0 bridgehead atoms. The van der Waals surface area contributed by atoms with E-state index in [1.165, 1.54) is 5.56 Å². The first-order chi connectivity index (χ1) is 15.2. The van der Waals surface area contributed by atoms with Crippen LogP contribution in [-0.2, 0) is 24.1 Å². The van der Waals surface area contributed by atoms with Crippen molar-refractivity contribution in [3.05, 3.63) is 101 Å². The van der Waals surface area contributed by atoms with Crippen molar-refractivity contribution >= 4 is 23.3 Å². The lowest BCUT2D eigenvalue weighted by Gasteiger charge is -2.21. The molecule has 31 heavy (non-hydrogen) atoms. The quantitative estimate of drug-likeness (QED) is 0.453. The minimum atomic E-state index is -0.134. The number of hydrogen-bond donors (Lipinski definition) is 1. The number of halogens is 1. The zero-order valence-electron chi connectivity index (χ0n) is 16.8. The molecule has 4 aromatic rings. The Labute approximate surface area is 186 Å². The molecule has 0 saturated carbocycles. The van der Waals surface area contributed by atoms with Crippen LogP contribution in [0.2, 0.25) is 5.02 Å². The Morgan fingerprint density at radius 3 is 2.39 bits per heavy atom. The van der Waals surface area contributed by atoms with Crippen molar-refractivity contribution in [2.75, 3.05) is 5.32 Å². The number of aromatic nitrogens is 2. The molecule has 1 amide bonds. The van der Waals surface area contributed by atoms with Gasteiger partial charge in [0.15, 0.2) is 5.82 Å². The van der Waals surface area contributed by atoms with Crippen molar-refractivity contribution in [2.45, 2.75) is 19.3 Å². The molecule has 0 saturated heterocycles. The third-order valence-electron chi connectivity index (χ3n) is 5.45. The third-order valence-corrected chi connectivity index (χ3v) is 5.71. The highest BCUT2D eigenvalue weighted by atomic mass is 35.5. The van der Waals surface area contributed by atoms with Gasteiger partial charge < -0.3 is 5.32 Å². The SMILES string of the molecule is O=C(Cc1ccc(Cl)cc1)Nc1nc2c(nc1-c1ccccc1)-c1ccccc1CC2. The van der Waals surface area contributed by atoms with Crippen LogP contribution in [0.15, 0.2) is 78.9 Å². The molecule has 4 nitrogen and oxygen atoms in total. The lowest BCUT2D eigenvalue weighted by Crippen LogP contribution is -2.18. The molecule has 5 heteroatoms. The van der Waals surface area contributed by atoms with Crippen LogP contribution < -0.4 is 5.32 Å². The van der Waals surface area contributed by atoms with E-state index >= 15 is 0 Å². The van der Waals surface area contributed by atoms with Crippen molar-refractivity contribution in [2.24, 2.45) is 0 Å². The Balaban J connectivity index is 1.53. The molecular weight excluding hydrogens is 406 g/mol. The van der Waals surface area contributed by atoms with Crippen LogP contribution in [0.3, 0.4) is 0 Å². The van der Waals surface area contributed by atoms with E-state index in [0.717, 1.165) is 40.9 Å². The summed E-state index contributed by atoms with van der Waals surface area (Å²) in [6, 6.07) is 25.5. The number of rotatable bonds is 4. The van der Waals surface area contributed by atoms with Gasteiger partial charge in [0.25, 0.3) is 0 Å². The number of amides is 1. The largest absolute Gasteiger partial charge is 0.309 e. The summed E-state index contributed by atoms with van der Waals surface area (Å²) >= 11 is 5.95. The van der Waals surface area contributed by atoms with Gasteiger partial charge in [0.05, 0.1) is 17.8 Å². The molecule has 1 N–H and O–H groups in total. The molecule has 0 atom stereocenters. The number of nitrogens with zero attached hydrogens (tertiary/aromatic N) is 2. The first kappa shape index (κ1) is 19.5. The topological polar surface area (TPSA) is 54.9 Å². The van der Waals surface area contributed by atoms with Crippen molar-refractivity contribution in [1.82, 2.24) is 9.97 Å². The highest BCUT2D eigenvalue weighted by molar-refractivity contribution is 6.30. The fourth-order valence-corrected chi connectivity index (χ4v) is 4.06. The van der Waals surface area contributed by atoms with Gasteiger partial charge >= 0.3 is 0 Å². The summed E-state index contributed by atoms with van der Waals surface area (Å²) < 4.78 is 0. The molecule has 0 unspecified atom stereocenters. The molecule has 1 aliphatic carbocycles. The van der Waals surface area contributed by atoms with Crippen LogP contribution in [0.1, 0.15) is 16.8 Å². The maximum absolute atomic E-state index is 12.8. The average molecular weight is 426 g/mol. The first-order valence-corrected chi connectivity index (χ1v) is 10.6. The number of carbonyl (C=O) groups is 1. The summed E-state index contributed by atoms with van der Waals surface area (Å²) in [5.74, 6) is 0.369. The van der Waals surface area contributed by atoms with Crippen molar-refractivity contribution in [3.8, 4) is 22.5 Å². The van der Waals surface area contributed by atoms with E-state index in [1.807, 2.05) is 48.5 Å². The van der Waals surface area contributed by atoms with Gasteiger partial charge in [0, 0.05) is 16.1 Å². The molecule has 0 fully saturated rings. The average Bonchev–Trinajstić information content (AvgIpc) is 2.80. The number of anilines is 1. The van der Waals surface area contributed by atoms with E-state index in [-0.39, 0.29) is 12.3 Å². The fraction of sp³-hybridized carbons (Fsp3) is 0.115.